The fraction of sp³-hybridized carbons (Fsp3) is 0.571. The van der Waals surface area contributed by atoms with Crippen LogP contribution in [-0.2, 0) is 0 Å². The van der Waals surface area contributed by atoms with E-state index in [0.29, 0.717) is 18.3 Å². The molecule has 3 N–H and O–H groups in total. The molecule has 0 aliphatic carbocycles. The van der Waals surface area contributed by atoms with Crippen LogP contribution in [0.1, 0.15) is 37.8 Å². The van der Waals surface area contributed by atoms with Crippen molar-refractivity contribution in [2.75, 3.05) is 13.1 Å². The van der Waals surface area contributed by atoms with Gasteiger partial charge in [0.15, 0.2) is 0 Å². The van der Waals surface area contributed by atoms with Gasteiger partial charge < -0.3 is 10.8 Å². The second-order valence-corrected chi connectivity index (χ2v) is 4.89. The van der Waals surface area contributed by atoms with Crippen LogP contribution in [0.15, 0.2) is 24.3 Å². The summed E-state index contributed by atoms with van der Waals surface area (Å²) in [6.45, 7) is 3.89. The first-order valence-corrected chi connectivity index (χ1v) is 6.47. The van der Waals surface area contributed by atoms with Gasteiger partial charge >= 0.3 is 0 Å². The van der Waals surface area contributed by atoms with Crippen LogP contribution >= 0.6 is 0 Å². The molecule has 2 rings (SSSR count). The molecule has 1 aliphatic rings. The van der Waals surface area contributed by atoms with E-state index in [2.05, 4.69) is 11.8 Å². The van der Waals surface area contributed by atoms with Crippen LogP contribution in [0.5, 0.6) is 5.75 Å². The van der Waals surface area contributed by atoms with Gasteiger partial charge in [0, 0.05) is 18.2 Å². The van der Waals surface area contributed by atoms with Crippen LogP contribution in [0.4, 0.5) is 0 Å². The molecule has 0 aromatic heterocycles. The summed E-state index contributed by atoms with van der Waals surface area (Å²) in [5, 5.41) is 9.95. The maximum Gasteiger partial charge on any atom is 0.120 e. The van der Waals surface area contributed by atoms with Crippen molar-refractivity contribution in [2.24, 2.45) is 5.73 Å². The van der Waals surface area contributed by atoms with Crippen LogP contribution < -0.4 is 5.73 Å². The molecule has 2 unspecified atom stereocenters. The normalized spacial score (nSPS) is 23.5. The molecule has 3 nitrogen and oxygen atoms in total. The number of aromatic hydroxyl groups is 1. The molecule has 1 heterocycles. The predicted octanol–water partition coefficient (Wildman–Crippen LogP) is 2.27. The van der Waals surface area contributed by atoms with E-state index >= 15 is 0 Å². The Morgan fingerprint density at radius 3 is 2.82 bits per heavy atom. The molecule has 17 heavy (non-hydrogen) atoms. The molecule has 0 bridgehead atoms. The molecule has 0 spiro atoms. The molecule has 0 radical (unpaired) electrons. The maximum absolute atomic E-state index is 9.95. The summed E-state index contributed by atoms with van der Waals surface area (Å²) in [7, 11) is 0. The third-order valence-corrected chi connectivity index (χ3v) is 3.77. The Kier molecular flexibility index (Phi) is 4.02. The molecule has 1 aromatic rings. The van der Waals surface area contributed by atoms with Gasteiger partial charge in [-0.3, -0.25) is 4.90 Å². The van der Waals surface area contributed by atoms with Crippen molar-refractivity contribution in [3.8, 4) is 5.75 Å². The highest BCUT2D eigenvalue weighted by Gasteiger charge is 2.27. The number of piperidine rings is 1. The van der Waals surface area contributed by atoms with Gasteiger partial charge in [0.1, 0.15) is 5.75 Å². The Labute approximate surface area is 103 Å². The first-order chi connectivity index (χ1) is 8.24. The Morgan fingerprint density at radius 2 is 2.18 bits per heavy atom. The highest BCUT2D eigenvalue weighted by molar-refractivity contribution is 5.35. The van der Waals surface area contributed by atoms with Crippen molar-refractivity contribution in [1.29, 1.82) is 0 Å². The molecule has 0 amide bonds. The number of phenolic OH excluding ortho intramolecular Hbond substituents is 1. The van der Waals surface area contributed by atoms with Gasteiger partial charge in [-0.1, -0.05) is 24.6 Å². The minimum absolute atomic E-state index is 0.145. The third kappa shape index (κ3) is 2.61. The number of likely N-dealkylation sites (tertiary alicyclic amines) is 1. The third-order valence-electron chi connectivity index (χ3n) is 3.77. The highest BCUT2D eigenvalue weighted by atomic mass is 16.3. The zero-order valence-electron chi connectivity index (χ0n) is 10.5. The van der Waals surface area contributed by atoms with E-state index < -0.39 is 0 Å². The molecule has 1 aliphatic heterocycles. The Balaban J connectivity index is 2.23. The summed E-state index contributed by atoms with van der Waals surface area (Å²) >= 11 is 0. The predicted molar refractivity (Wildman–Crippen MR) is 69.9 cm³/mol. The number of phenols is 1. The van der Waals surface area contributed by atoms with Crippen molar-refractivity contribution in [3.63, 3.8) is 0 Å². The maximum atomic E-state index is 9.95. The van der Waals surface area contributed by atoms with Crippen LogP contribution in [0, 0.1) is 0 Å². The first kappa shape index (κ1) is 12.4. The lowest BCUT2D eigenvalue weighted by molar-refractivity contribution is 0.107. The standard InChI is InChI=1S/C14H22N2O/c1-11-6-4-5-9-16(11)13(10-15)12-7-2-3-8-14(12)17/h2-3,7-8,11,13,17H,4-6,9-10,15H2,1H3. The van der Waals surface area contributed by atoms with Crippen molar-refractivity contribution in [1.82, 2.24) is 4.90 Å². The summed E-state index contributed by atoms with van der Waals surface area (Å²) in [5.41, 5.74) is 6.88. The molecule has 3 heteroatoms. The summed E-state index contributed by atoms with van der Waals surface area (Å²) in [6, 6.07) is 8.24. The molecule has 94 valence electrons. The molecule has 0 saturated carbocycles. The molecule has 2 atom stereocenters. The fourth-order valence-electron chi connectivity index (χ4n) is 2.79. The van der Waals surface area contributed by atoms with Gasteiger partial charge in [-0.2, -0.15) is 0 Å². The molecule has 1 aromatic carbocycles. The van der Waals surface area contributed by atoms with E-state index in [1.54, 1.807) is 6.07 Å². The van der Waals surface area contributed by atoms with E-state index in [4.69, 9.17) is 5.73 Å². The summed E-state index contributed by atoms with van der Waals surface area (Å²) in [5.74, 6) is 0.362. The minimum atomic E-state index is 0.145. The minimum Gasteiger partial charge on any atom is -0.508 e. The zero-order chi connectivity index (χ0) is 12.3. The fourth-order valence-corrected chi connectivity index (χ4v) is 2.79. The van der Waals surface area contributed by atoms with Crippen LogP contribution in [-0.4, -0.2) is 29.1 Å². The van der Waals surface area contributed by atoms with E-state index in [9.17, 15) is 5.11 Å². The number of nitrogens with zero attached hydrogens (tertiary/aromatic N) is 1. The Hall–Kier alpha value is -1.06. The van der Waals surface area contributed by atoms with Crippen LogP contribution in [0.25, 0.3) is 0 Å². The van der Waals surface area contributed by atoms with Gasteiger partial charge in [-0.15, -0.1) is 0 Å². The van der Waals surface area contributed by atoms with Crippen LogP contribution in [0.3, 0.4) is 0 Å². The van der Waals surface area contributed by atoms with Gasteiger partial charge in [-0.05, 0) is 32.4 Å². The van der Waals surface area contributed by atoms with Gasteiger partial charge in [0.05, 0.1) is 6.04 Å². The number of hydrogen-bond acceptors (Lipinski definition) is 3. The second-order valence-electron chi connectivity index (χ2n) is 4.89. The topological polar surface area (TPSA) is 49.5 Å². The Bertz CT molecular complexity index is 367. The van der Waals surface area contributed by atoms with Crippen molar-refractivity contribution in [3.05, 3.63) is 29.8 Å². The largest absolute Gasteiger partial charge is 0.508 e. The summed E-state index contributed by atoms with van der Waals surface area (Å²) in [6.07, 6.45) is 3.76. The molecule has 1 fully saturated rings. The molecule has 1 saturated heterocycles. The number of rotatable bonds is 3. The lowest BCUT2D eigenvalue weighted by atomic mass is 9.97. The highest BCUT2D eigenvalue weighted by Crippen LogP contribution is 2.32. The van der Waals surface area contributed by atoms with Crippen molar-refractivity contribution >= 4 is 0 Å². The summed E-state index contributed by atoms with van der Waals surface area (Å²) < 4.78 is 0. The Morgan fingerprint density at radius 1 is 1.41 bits per heavy atom. The van der Waals surface area contributed by atoms with E-state index in [1.165, 1.54) is 19.3 Å². The quantitative estimate of drug-likeness (QED) is 0.843. The first-order valence-electron chi connectivity index (χ1n) is 6.47. The number of hydrogen-bond donors (Lipinski definition) is 2. The van der Waals surface area contributed by atoms with Gasteiger partial charge in [0.25, 0.3) is 0 Å². The lowest BCUT2D eigenvalue weighted by Crippen LogP contribution is -2.43. The number of nitrogens with two attached hydrogens (primary N) is 1. The average Bonchev–Trinajstić information content (AvgIpc) is 2.34. The SMILES string of the molecule is CC1CCCCN1C(CN)c1ccccc1O. The van der Waals surface area contributed by atoms with E-state index in [-0.39, 0.29) is 6.04 Å². The summed E-state index contributed by atoms with van der Waals surface area (Å²) in [4.78, 5) is 2.43. The smallest absolute Gasteiger partial charge is 0.120 e. The van der Waals surface area contributed by atoms with Crippen molar-refractivity contribution in [2.45, 2.75) is 38.3 Å². The van der Waals surface area contributed by atoms with Crippen molar-refractivity contribution < 1.29 is 5.11 Å². The number of benzene rings is 1. The molecular weight excluding hydrogens is 212 g/mol. The van der Waals surface area contributed by atoms with E-state index in [1.807, 2.05) is 18.2 Å². The van der Waals surface area contributed by atoms with Gasteiger partial charge in [-0.25, -0.2) is 0 Å². The van der Waals surface area contributed by atoms with Crippen LogP contribution in [0.2, 0.25) is 0 Å². The number of para-hydroxylation sites is 1. The second kappa shape index (κ2) is 5.52. The average molecular weight is 234 g/mol. The van der Waals surface area contributed by atoms with Gasteiger partial charge in [0.2, 0.25) is 0 Å². The monoisotopic (exact) mass is 234 g/mol. The molecular formula is C14H22N2O. The zero-order valence-corrected chi connectivity index (χ0v) is 10.5. The lowest BCUT2D eigenvalue weighted by Gasteiger charge is -2.39. The van der Waals surface area contributed by atoms with E-state index in [0.717, 1.165) is 12.1 Å².